The van der Waals surface area contributed by atoms with E-state index in [1.54, 1.807) is 11.6 Å². The van der Waals surface area contributed by atoms with Crippen molar-refractivity contribution in [2.75, 3.05) is 0 Å². The number of carbonyl (C=O) groups is 1. The third kappa shape index (κ3) is 2.63. The van der Waals surface area contributed by atoms with E-state index in [4.69, 9.17) is 0 Å². The summed E-state index contributed by atoms with van der Waals surface area (Å²) in [4.78, 5) is 29.5. The number of Topliss-reactive ketones (excluding diaryl/α,β-unsaturated/α-hetero) is 1. The minimum absolute atomic E-state index is 0.0588. The SMILES string of the molecule is Cn1c(S[C@H]2CCCCC2=O)nc2cc3ccccc3cc2c1=O. The number of rotatable bonds is 2. The quantitative estimate of drug-likeness (QED) is 0.528. The van der Waals surface area contributed by atoms with E-state index in [-0.39, 0.29) is 16.6 Å². The van der Waals surface area contributed by atoms with E-state index < -0.39 is 0 Å². The van der Waals surface area contributed by atoms with Gasteiger partial charge in [-0.25, -0.2) is 4.98 Å². The van der Waals surface area contributed by atoms with Crippen LogP contribution in [0.5, 0.6) is 0 Å². The van der Waals surface area contributed by atoms with E-state index >= 15 is 0 Å². The average Bonchev–Trinajstić information content (AvgIpc) is 2.60. The first kappa shape index (κ1) is 15.4. The number of hydrogen-bond acceptors (Lipinski definition) is 4. The Bertz CT molecular complexity index is 1010. The Morgan fingerprint density at radius 2 is 1.88 bits per heavy atom. The molecule has 1 aliphatic rings. The second-order valence-corrected chi connectivity index (χ2v) is 7.46. The normalized spacial score (nSPS) is 18.4. The van der Waals surface area contributed by atoms with E-state index in [1.807, 2.05) is 36.4 Å². The number of nitrogens with zero attached hydrogens (tertiary/aromatic N) is 2. The van der Waals surface area contributed by atoms with Crippen LogP contribution in [0.4, 0.5) is 0 Å². The summed E-state index contributed by atoms with van der Waals surface area (Å²) in [5.74, 6) is 0.277. The number of thioether (sulfide) groups is 1. The monoisotopic (exact) mass is 338 g/mol. The van der Waals surface area contributed by atoms with Crippen LogP contribution in [0.1, 0.15) is 25.7 Å². The molecule has 0 N–H and O–H groups in total. The van der Waals surface area contributed by atoms with Gasteiger partial charge in [0.25, 0.3) is 5.56 Å². The van der Waals surface area contributed by atoms with Crippen LogP contribution in [0.25, 0.3) is 21.7 Å². The number of ketones is 1. The summed E-state index contributed by atoms with van der Waals surface area (Å²) in [5, 5.41) is 3.27. The number of carbonyl (C=O) groups excluding carboxylic acids is 1. The fraction of sp³-hybridized carbons (Fsp3) is 0.316. The van der Waals surface area contributed by atoms with Crippen LogP contribution in [0, 0.1) is 0 Å². The van der Waals surface area contributed by atoms with Crippen molar-refractivity contribution in [3.63, 3.8) is 0 Å². The lowest BCUT2D eigenvalue weighted by atomic mass is 9.99. The standard InChI is InChI=1S/C19H18N2O2S/c1-21-18(23)14-10-12-6-2-3-7-13(12)11-15(14)20-19(21)24-17-9-5-4-8-16(17)22/h2-3,6-7,10-11,17H,4-5,8-9H2,1H3/t17-/m0/s1. The highest BCUT2D eigenvalue weighted by Gasteiger charge is 2.25. The summed E-state index contributed by atoms with van der Waals surface area (Å²) in [5.41, 5.74) is 0.638. The largest absolute Gasteiger partial charge is 0.298 e. The minimum atomic E-state index is -0.0743. The molecule has 1 aliphatic carbocycles. The first-order chi connectivity index (χ1) is 11.6. The maximum atomic E-state index is 12.7. The molecule has 4 nitrogen and oxygen atoms in total. The van der Waals surface area contributed by atoms with Crippen LogP contribution in [0.3, 0.4) is 0 Å². The van der Waals surface area contributed by atoms with Crippen LogP contribution in [-0.4, -0.2) is 20.6 Å². The Labute approximate surface area is 143 Å². The lowest BCUT2D eigenvalue weighted by molar-refractivity contribution is -0.119. The predicted octanol–water partition coefficient (Wildman–Crippen LogP) is 3.69. The maximum Gasteiger partial charge on any atom is 0.261 e. The summed E-state index contributed by atoms with van der Waals surface area (Å²) in [6, 6.07) is 11.8. The molecule has 1 saturated carbocycles. The van der Waals surface area contributed by atoms with Gasteiger partial charge >= 0.3 is 0 Å². The predicted molar refractivity (Wildman–Crippen MR) is 97.6 cm³/mol. The molecule has 1 fully saturated rings. The molecule has 1 aromatic heterocycles. The van der Waals surface area contributed by atoms with Crippen molar-refractivity contribution in [1.82, 2.24) is 9.55 Å². The molecule has 4 rings (SSSR count). The Hall–Kier alpha value is -2.14. The third-order valence-electron chi connectivity index (χ3n) is 4.65. The fourth-order valence-electron chi connectivity index (χ4n) is 3.25. The number of benzene rings is 2. The highest BCUT2D eigenvalue weighted by Crippen LogP contribution is 2.31. The molecular weight excluding hydrogens is 320 g/mol. The van der Waals surface area contributed by atoms with E-state index in [1.165, 1.54) is 11.8 Å². The van der Waals surface area contributed by atoms with Crippen molar-refractivity contribution in [3.05, 3.63) is 46.8 Å². The summed E-state index contributed by atoms with van der Waals surface area (Å²) in [6.07, 6.45) is 3.56. The number of fused-ring (bicyclic) bond motifs is 2. The zero-order valence-electron chi connectivity index (χ0n) is 13.5. The van der Waals surface area contributed by atoms with Crippen LogP contribution in [-0.2, 0) is 11.8 Å². The van der Waals surface area contributed by atoms with Crippen LogP contribution < -0.4 is 5.56 Å². The van der Waals surface area contributed by atoms with Crippen LogP contribution in [0.2, 0.25) is 0 Å². The van der Waals surface area contributed by atoms with Gasteiger partial charge in [-0.3, -0.25) is 14.2 Å². The first-order valence-corrected chi connectivity index (χ1v) is 9.10. The summed E-state index contributed by atoms with van der Waals surface area (Å²) >= 11 is 1.44. The number of aromatic nitrogens is 2. The Morgan fingerprint density at radius 3 is 2.62 bits per heavy atom. The van der Waals surface area contributed by atoms with Gasteiger partial charge in [0.15, 0.2) is 5.16 Å². The molecule has 1 heterocycles. The van der Waals surface area contributed by atoms with Gasteiger partial charge in [-0.1, -0.05) is 42.4 Å². The minimum Gasteiger partial charge on any atom is -0.298 e. The van der Waals surface area contributed by atoms with Gasteiger partial charge in [0, 0.05) is 13.5 Å². The zero-order valence-corrected chi connectivity index (χ0v) is 14.3. The highest BCUT2D eigenvalue weighted by molar-refractivity contribution is 8.00. The van der Waals surface area contributed by atoms with Crippen molar-refractivity contribution in [2.45, 2.75) is 36.1 Å². The van der Waals surface area contributed by atoms with Crippen LogP contribution in [0.15, 0.2) is 46.3 Å². The molecule has 0 radical (unpaired) electrons. The molecule has 0 bridgehead atoms. The summed E-state index contributed by atoms with van der Waals surface area (Å²) in [6.45, 7) is 0. The highest BCUT2D eigenvalue weighted by atomic mass is 32.2. The molecule has 1 atom stereocenters. The Kier molecular flexibility index (Phi) is 3.88. The summed E-state index contributed by atoms with van der Waals surface area (Å²) < 4.78 is 1.57. The molecular formula is C19H18N2O2S. The lowest BCUT2D eigenvalue weighted by Crippen LogP contribution is -2.25. The van der Waals surface area contributed by atoms with E-state index in [0.29, 0.717) is 22.5 Å². The third-order valence-corrected chi connectivity index (χ3v) is 6.01. The van der Waals surface area contributed by atoms with Gasteiger partial charge in [-0.15, -0.1) is 0 Å². The van der Waals surface area contributed by atoms with Crippen molar-refractivity contribution in [3.8, 4) is 0 Å². The van der Waals surface area contributed by atoms with Crippen molar-refractivity contribution in [1.29, 1.82) is 0 Å². The second-order valence-electron chi connectivity index (χ2n) is 6.29. The van der Waals surface area contributed by atoms with Gasteiger partial charge < -0.3 is 0 Å². The van der Waals surface area contributed by atoms with Gasteiger partial charge in [0.1, 0.15) is 5.78 Å². The van der Waals surface area contributed by atoms with Gasteiger partial charge in [-0.2, -0.15) is 0 Å². The van der Waals surface area contributed by atoms with Crippen molar-refractivity contribution in [2.24, 2.45) is 7.05 Å². The molecule has 0 aliphatic heterocycles. The molecule has 24 heavy (non-hydrogen) atoms. The van der Waals surface area contributed by atoms with Gasteiger partial charge in [0.05, 0.1) is 16.2 Å². The Morgan fingerprint density at radius 1 is 1.12 bits per heavy atom. The fourth-order valence-corrected chi connectivity index (χ4v) is 4.43. The topological polar surface area (TPSA) is 52.0 Å². The zero-order chi connectivity index (χ0) is 16.7. The molecule has 0 amide bonds. The lowest BCUT2D eigenvalue weighted by Gasteiger charge is -2.20. The van der Waals surface area contributed by atoms with E-state index in [9.17, 15) is 9.59 Å². The van der Waals surface area contributed by atoms with Crippen LogP contribution >= 0.6 is 11.8 Å². The van der Waals surface area contributed by atoms with Crippen molar-refractivity contribution < 1.29 is 4.79 Å². The van der Waals surface area contributed by atoms with Gasteiger partial charge in [0.2, 0.25) is 0 Å². The van der Waals surface area contributed by atoms with Gasteiger partial charge in [-0.05, 0) is 35.7 Å². The Balaban J connectivity index is 1.84. The van der Waals surface area contributed by atoms with Crippen molar-refractivity contribution >= 4 is 39.2 Å². The molecule has 0 saturated heterocycles. The molecule has 5 heteroatoms. The first-order valence-electron chi connectivity index (χ1n) is 8.22. The average molecular weight is 338 g/mol. The molecule has 0 spiro atoms. The number of hydrogen-bond donors (Lipinski definition) is 0. The molecule has 2 aromatic carbocycles. The molecule has 122 valence electrons. The second kappa shape index (κ2) is 6.06. The molecule has 3 aromatic rings. The van der Waals surface area contributed by atoms with E-state index in [2.05, 4.69) is 4.98 Å². The van der Waals surface area contributed by atoms with E-state index in [0.717, 1.165) is 30.0 Å². The smallest absolute Gasteiger partial charge is 0.261 e. The molecule has 0 unspecified atom stereocenters. The maximum absolute atomic E-state index is 12.7. The summed E-state index contributed by atoms with van der Waals surface area (Å²) in [7, 11) is 1.74.